The minimum atomic E-state index is -0.459. The summed E-state index contributed by atoms with van der Waals surface area (Å²) in [5.74, 6) is -0.285. The van der Waals surface area contributed by atoms with Crippen molar-refractivity contribution >= 4 is 26.8 Å². The number of morpholine rings is 1. The number of methoxy groups -OCH3 is 1. The van der Waals surface area contributed by atoms with Crippen LogP contribution in [0.1, 0.15) is 5.56 Å². The molecular formula is C17H17FN4O3S. The first kappa shape index (κ1) is 16.9. The number of hydrogen-bond acceptors (Lipinski definition) is 7. The first-order valence-electron chi connectivity index (χ1n) is 8.17. The lowest BCUT2D eigenvalue weighted by molar-refractivity contribution is 0.122. The number of hydrogen-bond donors (Lipinski definition) is 0. The first-order chi connectivity index (χ1) is 12.7. The van der Waals surface area contributed by atoms with Crippen molar-refractivity contribution in [2.45, 2.75) is 6.54 Å². The second kappa shape index (κ2) is 7.00. The Labute approximate surface area is 152 Å². The second-order valence-electron chi connectivity index (χ2n) is 5.90. The van der Waals surface area contributed by atoms with Crippen LogP contribution in [0.4, 0.5) is 9.52 Å². The maximum Gasteiger partial charge on any atom is 0.273 e. The van der Waals surface area contributed by atoms with E-state index in [0.717, 1.165) is 18.2 Å². The van der Waals surface area contributed by atoms with Crippen molar-refractivity contribution in [2.24, 2.45) is 0 Å². The van der Waals surface area contributed by atoms with Crippen LogP contribution < -0.4 is 15.2 Å². The number of fused-ring (bicyclic) bond motifs is 1. The van der Waals surface area contributed by atoms with Crippen LogP contribution in [0.2, 0.25) is 0 Å². The smallest absolute Gasteiger partial charge is 0.273 e. The van der Waals surface area contributed by atoms with Gasteiger partial charge in [0.25, 0.3) is 5.56 Å². The molecule has 26 heavy (non-hydrogen) atoms. The Morgan fingerprint density at radius 1 is 1.35 bits per heavy atom. The molecule has 0 N–H and O–H groups in total. The first-order valence-corrected chi connectivity index (χ1v) is 8.98. The number of thiazole rings is 1. The summed E-state index contributed by atoms with van der Waals surface area (Å²) in [6.07, 6.45) is 1.45. The molecule has 0 aliphatic carbocycles. The number of ether oxygens (including phenoxy) is 2. The van der Waals surface area contributed by atoms with Crippen LogP contribution in [0.5, 0.6) is 5.75 Å². The highest BCUT2D eigenvalue weighted by molar-refractivity contribution is 7.22. The molecule has 3 heterocycles. The maximum atomic E-state index is 13.9. The molecule has 1 aliphatic heterocycles. The summed E-state index contributed by atoms with van der Waals surface area (Å²) in [6.45, 7) is 3.03. The van der Waals surface area contributed by atoms with Gasteiger partial charge in [0.05, 0.1) is 26.9 Å². The van der Waals surface area contributed by atoms with E-state index in [1.165, 1.54) is 35.4 Å². The molecule has 4 rings (SSSR count). The predicted molar refractivity (Wildman–Crippen MR) is 96.8 cm³/mol. The number of aromatic nitrogens is 3. The van der Waals surface area contributed by atoms with Crippen LogP contribution in [-0.2, 0) is 11.3 Å². The summed E-state index contributed by atoms with van der Waals surface area (Å²) < 4.78 is 26.1. The minimum Gasteiger partial charge on any atom is -0.494 e. The van der Waals surface area contributed by atoms with E-state index in [0.29, 0.717) is 29.1 Å². The highest BCUT2D eigenvalue weighted by Crippen LogP contribution is 2.26. The molecule has 0 saturated carbocycles. The molecule has 0 unspecified atom stereocenters. The lowest BCUT2D eigenvalue weighted by Gasteiger charge is -2.25. The van der Waals surface area contributed by atoms with Crippen LogP contribution >= 0.6 is 11.3 Å². The third-order valence-corrected chi connectivity index (χ3v) is 5.32. The molecule has 136 valence electrons. The molecule has 9 heteroatoms. The van der Waals surface area contributed by atoms with Crippen LogP contribution in [0, 0.1) is 5.82 Å². The fourth-order valence-electron chi connectivity index (χ4n) is 2.84. The van der Waals surface area contributed by atoms with Gasteiger partial charge in [-0.3, -0.25) is 9.36 Å². The Bertz CT molecular complexity index is 997. The summed E-state index contributed by atoms with van der Waals surface area (Å²) >= 11 is 1.33. The molecule has 0 radical (unpaired) electrons. The highest BCUT2D eigenvalue weighted by Gasteiger charge is 2.18. The van der Waals surface area contributed by atoms with E-state index >= 15 is 0 Å². The third kappa shape index (κ3) is 3.15. The van der Waals surface area contributed by atoms with E-state index in [2.05, 4.69) is 14.9 Å². The zero-order valence-electron chi connectivity index (χ0n) is 14.1. The predicted octanol–water partition coefficient (Wildman–Crippen LogP) is 1.89. The van der Waals surface area contributed by atoms with Gasteiger partial charge in [-0.2, -0.15) is 4.98 Å². The van der Waals surface area contributed by atoms with Gasteiger partial charge in [0.2, 0.25) is 0 Å². The molecule has 1 saturated heterocycles. The topological polar surface area (TPSA) is 69.5 Å². The molecule has 2 aromatic heterocycles. The van der Waals surface area contributed by atoms with Gasteiger partial charge in [-0.05, 0) is 17.7 Å². The zero-order chi connectivity index (χ0) is 18.1. The normalized spacial score (nSPS) is 14.8. The zero-order valence-corrected chi connectivity index (χ0v) is 15.0. The van der Waals surface area contributed by atoms with Crippen LogP contribution in [0.3, 0.4) is 0 Å². The number of benzene rings is 1. The average molecular weight is 376 g/mol. The maximum absolute atomic E-state index is 13.9. The summed E-state index contributed by atoms with van der Waals surface area (Å²) in [6, 6.07) is 4.64. The lowest BCUT2D eigenvalue weighted by atomic mass is 10.2. The number of halogens is 1. The van der Waals surface area contributed by atoms with E-state index in [4.69, 9.17) is 9.47 Å². The van der Waals surface area contributed by atoms with Gasteiger partial charge in [0.1, 0.15) is 11.0 Å². The van der Waals surface area contributed by atoms with Gasteiger partial charge < -0.3 is 14.4 Å². The lowest BCUT2D eigenvalue weighted by Crippen LogP contribution is -2.36. The molecule has 3 aromatic rings. The van der Waals surface area contributed by atoms with Gasteiger partial charge in [-0.25, -0.2) is 9.37 Å². The Hall–Kier alpha value is -2.52. The van der Waals surface area contributed by atoms with E-state index in [1.54, 1.807) is 12.1 Å². The van der Waals surface area contributed by atoms with Crippen LogP contribution in [-0.4, -0.2) is 47.9 Å². The number of nitrogens with zero attached hydrogens (tertiary/aromatic N) is 4. The van der Waals surface area contributed by atoms with Crippen molar-refractivity contribution < 1.29 is 13.9 Å². The van der Waals surface area contributed by atoms with Crippen LogP contribution in [0.15, 0.2) is 29.3 Å². The molecule has 0 spiro atoms. The Morgan fingerprint density at radius 3 is 2.88 bits per heavy atom. The Balaban J connectivity index is 1.65. The van der Waals surface area contributed by atoms with Gasteiger partial charge in [-0.15, -0.1) is 0 Å². The van der Waals surface area contributed by atoms with Crippen molar-refractivity contribution in [3.05, 3.63) is 46.3 Å². The monoisotopic (exact) mass is 376 g/mol. The molecular weight excluding hydrogens is 359 g/mol. The second-order valence-corrected chi connectivity index (χ2v) is 6.87. The van der Waals surface area contributed by atoms with E-state index in [1.807, 2.05) is 0 Å². The van der Waals surface area contributed by atoms with E-state index in [-0.39, 0.29) is 17.9 Å². The number of anilines is 1. The molecule has 1 aliphatic rings. The molecule has 0 atom stereocenters. The molecule has 0 amide bonds. The summed E-state index contributed by atoms with van der Waals surface area (Å²) in [4.78, 5) is 23.6. The van der Waals surface area contributed by atoms with Gasteiger partial charge in [0, 0.05) is 13.1 Å². The molecule has 7 nitrogen and oxygen atoms in total. The van der Waals surface area contributed by atoms with Crippen molar-refractivity contribution in [3.8, 4) is 5.75 Å². The van der Waals surface area contributed by atoms with Gasteiger partial charge in [-0.1, -0.05) is 17.4 Å². The molecule has 0 bridgehead atoms. The quantitative estimate of drug-likeness (QED) is 0.693. The molecule has 1 aromatic carbocycles. The largest absolute Gasteiger partial charge is 0.494 e. The van der Waals surface area contributed by atoms with Crippen molar-refractivity contribution in [3.63, 3.8) is 0 Å². The van der Waals surface area contributed by atoms with Crippen molar-refractivity contribution in [1.29, 1.82) is 0 Å². The molecule has 1 fully saturated rings. The Morgan fingerprint density at radius 2 is 2.15 bits per heavy atom. The SMILES string of the molecule is COc1ccc(Cn2cnc3nc(N4CCOCC4)sc3c2=O)cc1F. The van der Waals surface area contributed by atoms with E-state index < -0.39 is 5.82 Å². The van der Waals surface area contributed by atoms with Gasteiger partial charge in [0.15, 0.2) is 22.3 Å². The van der Waals surface area contributed by atoms with E-state index in [9.17, 15) is 9.18 Å². The highest BCUT2D eigenvalue weighted by atomic mass is 32.1. The minimum absolute atomic E-state index is 0.173. The van der Waals surface area contributed by atoms with Crippen molar-refractivity contribution in [1.82, 2.24) is 14.5 Å². The summed E-state index contributed by atoms with van der Waals surface area (Å²) in [7, 11) is 1.41. The average Bonchev–Trinajstić information content (AvgIpc) is 3.10. The summed E-state index contributed by atoms with van der Waals surface area (Å²) in [5, 5.41) is 0.779. The third-order valence-electron chi connectivity index (χ3n) is 4.22. The summed E-state index contributed by atoms with van der Waals surface area (Å²) in [5.41, 5.74) is 0.923. The fourth-order valence-corrected chi connectivity index (χ4v) is 3.86. The fraction of sp³-hybridized carbons (Fsp3) is 0.353. The van der Waals surface area contributed by atoms with Crippen molar-refractivity contribution in [2.75, 3.05) is 38.3 Å². The van der Waals surface area contributed by atoms with Gasteiger partial charge >= 0.3 is 0 Å². The Kier molecular flexibility index (Phi) is 4.56. The van der Waals surface area contributed by atoms with Crippen LogP contribution in [0.25, 0.3) is 10.3 Å². The number of rotatable bonds is 4. The standard InChI is InChI=1S/C17H17FN4O3S/c1-24-13-3-2-11(8-12(13)18)9-22-10-19-15-14(16(22)23)26-17(20-15)21-4-6-25-7-5-21/h2-3,8,10H,4-7,9H2,1H3.